The van der Waals surface area contributed by atoms with Gasteiger partial charge in [0.2, 0.25) is 6.17 Å². The zero-order valence-electron chi connectivity index (χ0n) is 13.2. The third-order valence-corrected chi connectivity index (χ3v) is 3.20. The van der Waals surface area contributed by atoms with Gasteiger partial charge in [0.15, 0.2) is 0 Å². The minimum atomic E-state index is -6.16. The zero-order chi connectivity index (χ0) is 21.2. The molecule has 0 aliphatic carbocycles. The maximum absolute atomic E-state index is 13.3. The highest BCUT2D eigenvalue weighted by atomic mass is 19.4. The van der Waals surface area contributed by atoms with Crippen LogP contribution in [0.1, 0.15) is 11.7 Å². The standard InChI is InChI=1S/C9H7F6NO2.C6H7NO2/c10-7(8(11,12)9(13,14)15)5-3(17)1-2-4(18)6(5)16;7-5-3-4(8)1-2-6(5)9/h1-2,7,17-18H,16H2;1-3,8-9H,7H2. The summed E-state index contributed by atoms with van der Waals surface area (Å²) in [5.74, 6) is -7.81. The third kappa shape index (κ3) is 4.71. The van der Waals surface area contributed by atoms with E-state index in [0.717, 1.165) is 6.07 Å². The fourth-order valence-corrected chi connectivity index (χ4v) is 1.75. The summed E-state index contributed by atoms with van der Waals surface area (Å²) in [7, 11) is 0. The van der Waals surface area contributed by atoms with E-state index in [4.69, 9.17) is 31.9 Å². The molecule has 8 N–H and O–H groups in total. The molecule has 1 unspecified atom stereocenters. The van der Waals surface area contributed by atoms with Gasteiger partial charge in [-0.1, -0.05) is 0 Å². The van der Waals surface area contributed by atoms with Gasteiger partial charge in [-0.05, 0) is 24.3 Å². The number of hydrogen-bond acceptors (Lipinski definition) is 6. The number of anilines is 2. The Hall–Kier alpha value is -3.18. The van der Waals surface area contributed by atoms with Gasteiger partial charge in [0.1, 0.15) is 23.0 Å². The highest BCUT2D eigenvalue weighted by Gasteiger charge is 2.64. The van der Waals surface area contributed by atoms with Crippen LogP contribution in [-0.4, -0.2) is 32.5 Å². The molecule has 12 heteroatoms. The molecule has 2 rings (SSSR count). The first-order chi connectivity index (χ1) is 12.2. The van der Waals surface area contributed by atoms with E-state index in [1.807, 2.05) is 0 Å². The maximum atomic E-state index is 13.3. The first-order valence-electron chi connectivity index (χ1n) is 6.86. The second kappa shape index (κ2) is 7.60. The normalized spacial score (nSPS) is 12.8. The van der Waals surface area contributed by atoms with Gasteiger partial charge in [0, 0.05) is 6.07 Å². The van der Waals surface area contributed by atoms with Gasteiger partial charge >= 0.3 is 12.1 Å². The Balaban J connectivity index is 0.000000337. The van der Waals surface area contributed by atoms with E-state index in [9.17, 15) is 26.3 Å². The molecule has 2 aromatic carbocycles. The number of benzene rings is 2. The third-order valence-electron chi connectivity index (χ3n) is 3.20. The van der Waals surface area contributed by atoms with E-state index in [-0.39, 0.29) is 17.2 Å². The van der Waals surface area contributed by atoms with Crippen LogP contribution in [0.25, 0.3) is 0 Å². The summed E-state index contributed by atoms with van der Waals surface area (Å²) in [6, 6.07) is 5.28. The number of phenolic OH excluding ortho intramolecular Hbond substituents is 4. The molecule has 0 bridgehead atoms. The SMILES string of the molecule is Nc1c(O)ccc(O)c1C(F)C(F)(F)C(F)(F)F.Nc1cc(O)ccc1O. The number of halogens is 6. The van der Waals surface area contributed by atoms with E-state index < -0.39 is 41.0 Å². The Morgan fingerprint density at radius 1 is 0.778 bits per heavy atom. The molecule has 0 saturated carbocycles. The van der Waals surface area contributed by atoms with Crippen molar-refractivity contribution in [1.29, 1.82) is 0 Å². The van der Waals surface area contributed by atoms with E-state index in [1.54, 1.807) is 0 Å². The van der Waals surface area contributed by atoms with Crippen LogP contribution in [0.3, 0.4) is 0 Å². The van der Waals surface area contributed by atoms with Gasteiger partial charge in [-0.15, -0.1) is 0 Å². The quantitative estimate of drug-likeness (QED) is 0.198. The molecule has 0 heterocycles. The molecular formula is C15H14F6N2O4. The van der Waals surface area contributed by atoms with Crippen molar-refractivity contribution in [2.75, 3.05) is 11.5 Å². The molecule has 0 saturated heterocycles. The molecule has 0 fully saturated rings. The predicted molar refractivity (Wildman–Crippen MR) is 83.2 cm³/mol. The Morgan fingerprint density at radius 3 is 1.70 bits per heavy atom. The first kappa shape index (κ1) is 21.9. The Bertz CT molecular complexity index is 814. The van der Waals surface area contributed by atoms with E-state index >= 15 is 0 Å². The second-order valence-corrected chi connectivity index (χ2v) is 5.16. The van der Waals surface area contributed by atoms with E-state index in [1.165, 1.54) is 18.2 Å². The molecular weight excluding hydrogens is 386 g/mol. The largest absolute Gasteiger partial charge is 0.508 e. The lowest BCUT2D eigenvalue weighted by molar-refractivity contribution is -0.305. The van der Waals surface area contributed by atoms with Gasteiger partial charge < -0.3 is 31.9 Å². The van der Waals surface area contributed by atoms with Crippen molar-refractivity contribution in [2.45, 2.75) is 18.3 Å². The molecule has 27 heavy (non-hydrogen) atoms. The Labute approximate surface area is 147 Å². The summed E-state index contributed by atoms with van der Waals surface area (Å²) >= 11 is 0. The molecule has 0 spiro atoms. The molecule has 0 aromatic heterocycles. The Kier molecular flexibility index (Phi) is 6.15. The average molecular weight is 400 g/mol. The second-order valence-electron chi connectivity index (χ2n) is 5.16. The van der Waals surface area contributed by atoms with Crippen molar-refractivity contribution < 1.29 is 46.8 Å². The van der Waals surface area contributed by atoms with Crippen molar-refractivity contribution in [1.82, 2.24) is 0 Å². The lowest BCUT2D eigenvalue weighted by Crippen LogP contribution is -2.40. The van der Waals surface area contributed by atoms with Gasteiger partial charge in [-0.2, -0.15) is 22.0 Å². The minimum Gasteiger partial charge on any atom is -0.508 e. The number of aromatic hydroxyl groups is 4. The lowest BCUT2D eigenvalue weighted by atomic mass is 10.0. The lowest BCUT2D eigenvalue weighted by Gasteiger charge is -2.24. The zero-order valence-corrected chi connectivity index (χ0v) is 13.2. The van der Waals surface area contributed by atoms with Crippen LogP contribution in [0.5, 0.6) is 23.0 Å². The molecule has 1 atom stereocenters. The Morgan fingerprint density at radius 2 is 1.26 bits per heavy atom. The van der Waals surface area contributed by atoms with Crippen LogP contribution in [0.2, 0.25) is 0 Å². The van der Waals surface area contributed by atoms with Gasteiger partial charge in [-0.3, -0.25) is 0 Å². The first-order valence-corrected chi connectivity index (χ1v) is 6.86. The number of nitrogen functional groups attached to an aromatic ring is 2. The van der Waals surface area contributed by atoms with Crippen LogP contribution in [0, 0.1) is 0 Å². The molecule has 2 aromatic rings. The van der Waals surface area contributed by atoms with Gasteiger partial charge in [-0.25, -0.2) is 4.39 Å². The highest BCUT2D eigenvalue weighted by molar-refractivity contribution is 5.64. The monoisotopic (exact) mass is 400 g/mol. The molecule has 0 aliphatic heterocycles. The average Bonchev–Trinajstić information content (AvgIpc) is 2.54. The summed E-state index contributed by atoms with van der Waals surface area (Å²) in [6.07, 6.45) is -10.1. The predicted octanol–water partition coefficient (Wildman–Crippen LogP) is 3.57. The van der Waals surface area contributed by atoms with E-state index in [0.29, 0.717) is 6.07 Å². The molecule has 150 valence electrons. The van der Waals surface area contributed by atoms with Crippen molar-refractivity contribution in [3.8, 4) is 23.0 Å². The van der Waals surface area contributed by atoms with Crippen LogP contribution in [-0.2, 0) is 0 Å². The number of phenols is 4. The number of hydrogen-bond donors (Lipinski definition) is 6. The van der Waals surface area contributed by atoms with Crippen LogP contribution >= 0.6 is 0 Å². The van der Waals surface area contributed by atoms with Crippen LogP contribution in [0.15, 0.2) is 30.3 Å². The maximum Gasteiger partial charge on any atom is 0.456 e. The van der Waals surface area contributed by atoms with Gasteiger partial charge in [0.05, 0.1) is 16.9 Å². The smallest absolute Gasteiger partial charge is 0.456 e. The topological polar surface area (TPSA) is 133 Å². The summed E-state index contributed by atoms with van der Waals surface area (Å²) in [4.78, 5) is 0. The van der Waals surface area contributed by atoms with Crippen LogP contribution in [0.4, 0.5) is 37.7 Å². The van der Waals surface area contributed by atoms with Crippen LogP contribution < -0.4 is 11.5 Å². The van der Waals surface area contributed by atoms with Crippen molar-refractivity contribution in [3.05, 3.63) is 35.9 Å². The van der Waals surface area contributed by atoms with Crippen molar-refractivity contribution in [3.63, 3.8) is 0 Å². The fourth-order valence-electron chi connectivity index (χ4n) is 1.75. The summed E-state index contributed by atoms with van der Waals surface area (Å²) in [5.41, 5.74) is 7.79. The number of rotatable bonds is 2. The molecule has 0 aliphatic rings. The molecule has 0 radical (unpaired) electrons. The van der Waals surface area contributed by atoms with Crippen molar-refractivity contribution in [2.24, 2.45) is 0 Å². The minimum absolute atomic E-state index is 0.00667. The van der Waals surface area contributed by atoms with Gasteiger partial charge in [0.25, 0.3) is 0 Å². The fraction of sp³-hybridized carbons (Fsp3) is 0.200. The molecule has 6 nitrogen and oxygen atoms in total. The van der Waals surface area contributed by atoms with Crippen molar-refractivity contribution >= 4 is 11.4 Å². The molecule has 0 amide bonds. The number of nitrogens with two attached hydrogens (primary N) is 2. The summed E-state index contributed by atoms with van der Waals surface area (Å²) < 4.78 is 74.7. The summed E-state index contributed by atoms with van der Waals surface area (Å²) in [5, 5.41) is 35.7. The summed E-state index contributed by atoms with van der Waals surface area (Å²) in [6.45, 7) is 0. The number of alkyl halides is 6. The highest BCUT2D eigenvalue weighted by Crippen LogP contribution is 2.51. The van der Waals surface area contributed by atoms with E-state index in [2.05, 4.69) is 0 Å².